The van der Waals surface area contributed by atoms with Gasteiger partial charge in [-0.25, -0.2) is 0 Å². The summed E-state index contributed by atoms with van der Waals surface area (Å²) in [6.45, 7) is 2.31. The number of carbonyl (C=O) groups is 1. The summed E-state index contributed by atoms with van der Waals surface area (Å²) in [5.74, 6) is -0.00509. The van der Waals surface area contributed by atoms with Gasteiger partial charge < -0.3 is 10.1 Å². The molecule has 12 heavy (non-hydrogen) atoms. The van der Waals surface area contributed by atoms with Crippen molar-refractivity contribution in [2.45, 2.75) is 24.8 Å². The Kier molecular flexibility index (Phi) is 2.11. The molecule has 0 spiro atoms. The Bertz CT molecular complexity index is 239. The number of amides is 1. The highest BCUT2D eigenvalue weighted by molar-refractivity contribution is 8.04. The standard InChI is InChI=1S/C8H11NO2S/c1-2-5-3-6-8(12-5)9-7(10)4-11-6/h3,6,8H,2,4H2,1H3,(H,9,10). The molecule has 0 aromatic rings. The van der Waals surface area contributed by atoms with Crippen molar-refractivity contribution in [3.63, 3.8) is 0 Å². The summed E-state index contributed by atoms with van der Waals surface area (Å²) in [5, 5.41) is 3.02. The quantitative estimate of drug-likeness (QED) is 0.658. The van der Waals surface area contributed by atoms with Gasteiger partial charge in [-0.05, 0) is 17.4 Å². The van der Waals surface area contributed by atoms with Crippen LogP contribution in [0.2, 0.25) is 0 Å². The van der Waals surface area contributed by atoms with Crippen LogP contribution in [0.4, 0.5) is 0 Å². The summed E-state index contributed by atoms with van der Waals surface area (Å²) in [6, 6.07) is 0. The molecule has 0 saturated carbocycles. The molecule has 2 unspecified atom stereocenters. The van der Waals surface area contributed by atoms with Gasteiger partial charge in [0.15, 0.2) is 0 Å². The fourth-order valence-corrected chi connectivity index (χ4v) is 2.55. The van der Waals surface area contributed by atoms with Gasteiger partial charge in [-0.3, -0.25) is 4.79 Å². The number of fused-ring (bicyclic) bond motifs is 1. The van der Waals surface area contributed by atoms with Crippen molar-refractivity contribution < 1.29 is 9.53 Å². The number of ether oxygens (including phenoxy) is 1. The second kappa shape index (κ2) is 3.11. The van der Waals surface area contributed by atoms with Crippen LogP contribution in [0, 0.1) is 0 Å². The maximum Gasteiger partial charge on any atom is 0.247 e. The lowest BCUT2D eigenvalue weighted by atomic mass is 10.2. The van der Waals surface area contributed by atoms with Gasteiger partial charge in [0, 0.05) is 0 Å². The van der Waals surface area contributed by atoms with Crippen molar-refractivity contribution in [2.75, 3.05) is 6.61 Å². The van der Waals surface area contributed by atoms with Crippen molar-refractivity contribution in [3.05, 3.63) is 11.0 Å². The number of nitrogens with one attached hydrogen (secondary N) is 1. The molecule has 2 aliphatic rings. The summed E-state index contributed by atoms with van der Waals surface area (Å²) in [7, 11) is 0. The van der Waals surface area contributed by atoms with Gasteiger partial charge in [0.05, 0.1) is 0 Å². The topological polar surface area (TPSA) is 38.3 Å². The zero-order valence-corrected chi connectivity index (χ0v) is 7.69. The summed E-state index contributed by atoms with van der Waals surface area (Å²) in [6.07, 6.45) is 3.23. The van der Waals surface area contributed by atoms with Gasteiger partial charge in [-0.1, -0.05) is 6.92 Å². The molecule has 0 aromatic carbocycles. The van der Waals surface area contributed by atoms with E-state index in [9.17, 15) is 4.79 Å². The maximum absolute atomic E-state index is 10.9. The van der Waals surface area contributed by atoms with E-state index < -0.39 is 0 Å². The Morgan fingerprint density at radius 3 is 3.42 bits per heavy atom. The van der Waals surface area contributed by atoms with Gasteiger partial charge in [-0.2, -0.15) is 0 Å². The Morgan fingerprint density at radius 2 is 2.67 bits per heavy atom. The third-order valence-corrected chi connectivity index (χ3v) is 3.35. The van der Waals surface area contributed by atoms with E-state index in [4.69, 9.17) is 4.74 Å². The average Bonchev–Trinajstić information content (AvgIpc) is 2.46. The Hall–Kier alpha value is -0.480. The molecule has 1 amide bonds. The van der Waals surface area contributed by atoms with E-state index in [-0.39, 0.29) is 24.0 Å². The number of morpholine rings is 1. The van der Waals surface area contributed by atoms with Crippen LogP contribution in [0.15, 0.2) is 11.0 Å². The minimum atomic E-state index is -0.00509. The van der Waals surface area contributed by atoms with Crippen LogP contribution in [0.3, 0.4) is 0 Å². The monoisotopic (exact) mass is 185 g/mol. The Labute approximate surface area is 75.5 Å². The van der Waals surface area contributed by atoms with Crippen LogP contribution in [0.1, 0.15) is 13.3 Å². The number of allylic oxidation sites excluding steroid dienone is 1. The first-order chi connectivity index (χ1) is 5.79. The van der Waals surface area contributed by atoms with E-state index in [1.807, 2.05) is 0 Å². The van der Waals surface area contributed by atoms with E-state index in [1.165, 1.54) is 4.91 Å². The zero-order valence-electron chi connectivity index (χ0n) is 6.87. The Balaban J connectivity index is 2.05. The number of hydrogen-bond donors (Lipinski definition) is 1. The highest BCUT2D eigenvalue weighted by Gasteiger charge is 2.33. The number of rotatable bonds is 1. The second-order valence-electron chi connectivity index (χ2n) is 2.87. The van der Waals surface area contributed by atoms with Crippen LogP contribution in [-0.4, -0.2) is 24.0 Å². The van der Waals surface area contributed by atoms with Gasteiger partial charge in [0.1, 0.15) is 18.1 Å². The van der Waals surface area contributed by atoms with Crippen molar-refractivity contribution >= 4 is 17.7 Å². The molecular formula is C8H11NO2S. The maximum atomic E-state index is 10.9. The van der Waals surface area contributed by atoms with Crippen LogP contribution in [0.5, 0.6) is 0 Å². The minimum Gasteiger partial charge on any atom is -0.361 e. The Morgan fingerprint density at radius 1 is 1.83 bits per heavy atom. The smallest absolute Gasteiger partial charge is 0.247 e. The highest BCUT2D eigenvalue weighted by Crippen LogP contribution is 2.35. The molecular weight excluding hydrogens is 174 g/mol. The SMILES string of the molecule is CCC1=CC2OCC(=O)NC2S1. The van der Waals surface area contributed by atoms with Crippen molar-refractivity contribution in [2.24, 2.45) is 0 Å². The molecule has 4 heteroatoms. The van der Waals surface area contributed by atoms with Crippen LogP contribution in [0.25, 0.3) is 0 Å². The summed E-state index contributed by atoms with van der Waals surface area (Å²) >= 11 is 1.70. The summed E-state index contributed by atoms with van der Waals surface area (Å²) in [4.78, 5) is 12.2. The molecule has 2 heterocycles. The lowest BCUT2D eigenvalue weighted by Gasteiger charge is -2.25. The van der Waals surface area contributed by atoms with Gasteiger partial charge >= 0.3 is 0 Å². The van der Waals surface area contributed by atoms with E-state index in [2.05, 4.69) is 18.3 Å². The molecule has 1 N–H and O–H groups in total. The average molecular weight is 185 g/mol. The largest absolute Gasteiger partial charge is 0.361 e. The zero-order chi connectivity index (χ0) is 8.55. The molecule has 0 aromatic heterocycles. The lowest BCUT2D eigenvalue weighted by Crippen LogP contribution is -2.47. The predicted molar refractivity (Wildman–Crippen MR) is 47.6 cm³/mol. The van der Waals surface area contributed by atoms with Crippen molar-refractivity contribution in [1.82, 2.24) is 5.32 Å². The third kappa shape index (κ3) is 1.36. The molecule has 2 rings (SSSR count). The van der Waals surface area contributed by atoms with Gasteiger partial charge in [-0.15, -0.1) is 11.8 Å². The molecule has 0 aliphatic carbocycles. The van der Waals surface area contributed by atoms with Crippen LogP contribution >= 0.6 is 11.8 Å². The van der Waals surface area contributed by atoms with E-state index in [1.54, 1.807) is 11.8 Å². The molecule has 0 radical (unpaired) electrons. The number of thioether (sulfide) groups is 1. The van der Waals surface area contributed by atoms with Crippen molar-refractivity contribution in [1.29, 1.82) is 0 Å². The fourth-order valence-electron chi connectivity index (χ4n) is 1.36. The van der Waals surface area contributed by atoms with Gasteiger partial charge in [0.2, 0.25) is 5.91 Å². The lowest BCUT2D eigenvalue weighted by molar-refractivity contribution is -0.132. The van der Waals surface area contributed by atoms with E-state index >= 15 is 0 Å². The minimum absolute atomic E-state index is 0.00509. The van der Waals surface area contributed by atoms with E-state index in [0.29, 0.717) is 0 Å². The first kappa shape index (κ1) is 8.13. The first-order valence-corrected chi connectivity index (χ1v) is 4.96. The molecule has 1 saturated heterocycles. The molecule has 0 bridgehead atoms. The molecule has 66 valence electrons. The normalized spacial score (nSPS) is 34.1. The van der Waals surface area contributed by atoms with Gasteiger partial charge in [0.25, 0.3) is 0 Å². The summed E-state index contributed by atoms with van der Waals surface area (Å²) in [5.41, 5.74) is 0. The third-order valence-electron chi connectivity index (χ3n) is 1.99. The molecule has 3 nitrogen and oxygen atoms in total. The number of hydrogen-bond acceptors (Lipinski definition) is 3. The molecule has 2 aliphatic heterocycles. The van der Waals surface area contributed by atoms with E-state index in [0.717, 1.165) is 6.42 Å². The number of carbonyl (C=O) groups excluding carboxylic acids is 1. The molecule has 2 atom stereocenters. The molecule has 1 fully saturated rings. The first-order valence-electron chi connectivity index (χ1n) is 4.08. The van der Waals surface area contributed by atoms with Crippen LogP contribution in [-0.2, 0) is 9.53 Å². The second-order valence-corrected chi connectivity index (χ2v) is 4.14. The van der Waals surface area contributed by atoms with Crippen molar-refractivity contribution in [3.8, 4) is 0 Å². The predicted octanol–water partition coefficient (Wildman–Crippen LogP) is 0.868. The highest BCUT2D eigenvalue weighted by atomic mass is 32.2. The fraction of sp³-hybridized carbons (Fsp3) is 0.625. The summed E-state index contributed by atoms with van der Waals surface area (Å²) < 4.78 is 5.34. The van der Waals surface area contributed by atoms with Crippen LogP contribution < -0.4 is 5.32 Å².